The number of carbonyl (C=O) groups is 1. The molecule has 3 aromatic carbocycles. The fourth-order valence-corrected chi connectivity index (χ4v) is 4.17. The molecule has 0 aliphatic rings. The predicted molar refractivity (Wildman–Crippen MR) is 135 cm³/mol. The van der Waals surface area contributed by atoms with Gasteiger partial charge in [-0.25, -0.2) is 0 Å². The van der Waals surface area contributed by atoms with Gasteiger partial charge >= 0.3 is 0 Å². The second-order valence-corrected chi connectivity index (χ2v) is 7.97. The summed E-state index contributed by atoms with van der Waals surface area (Å²) in [4.78, 5) is 16.4. The SMILES string of the molecule is COc1cc(Nc2cccc(Cl)c2C(=O)NCCc2c[nH]c3ccccc23)cc(OC)c1OC. The number of amides is 1. The van der Waals surface area contributed by atoms with Gasteiger partial charge in [0.2, 0.25) is 5.75 Å². The molecule has 1 heterocycles. The molecular formula is C26H26ClN3O4. The summed E-state index contributed by atoms with van der Waals surface area (Å²) >= 11 is 6.44. The first-order valence-corrected chi connectivity index (χ1v) is 11.1. The number of methoxy groups -OCH3 is 3. The Morgan fingerprint density at radius 2 is 1.71 bits per heavy atom. The normalized spacial score (nSPS) is 10.7. The van der Waals surface area contributed by atoms with Crippen molar-refractivity contribution in [1.82, 2.24) is 10.3 Å². The zero-order valence-corrected chi connectivity index (χ0v) is 20.0. The Labute approximate surface area is 203 Å². The van der Waals surface area contributed by atoms with E-state index in [9.17, 15) is 4.79 Å². The average Bonchev–Trinajstić information content (AvgIpc) is 3.26. The van der Waals surface area contributed by atoms with Crippen LogP contribution in [0.2, 0.25) is 5.02 Å². The van der Waals surface area contributed by atoms with Gasteiger partial charge in [-0.15, -0.1) is 0 Å². The summed E-state index contributed by atoms with van der Waals surface area (Å²) < 4.78 is 16.2. The first-order valence-electron chi connectivity index (χ1n) is 10.7. The van der Waals surface area contributed by atoms with Gasteiger partial charge in [-0.2, -0.15) is 0 Å². The Hall–Kier alpha value is -3.84. The number of halogens is 1. The third-order valence-electron chi connectivity index (χ3n) is 5.54. The van der Waals surface area contributed by atoms with Crippen LogP contribution in [0.4, 0.5) is 11.4 Å². The van der Waals surface area contributed by atoms with Crippen LogP contribution >= 0.6 is 11.6 Å². The van der Waals surface area contributed by atoms with Crippen LogP contribution < -0.4 is 24.8 Å². The van der Waals surface area contributed by atoms with Crippen LogP contribution in [0.15, 0.2) is 60.8 Å². The van der Waals surface area contributed by atoms with Gasteiger partial charge in [0, 0.05) is 41.5 Å². The molecule has 0 aliphatic heterocycles. The van der Waals surface area contributed by atoms with Gasteiger partial charge in [-0.3, -0.25) is 4.79 Å². The smallest absolute Gasteiger partial charge is 0.254 e. The van der Waals surface area contributed by atoms with E-state index in [4.69, 9.17) is 25.8 Å². The van der Waals surface area contributed by atoms with Crippen LogP contribution in [0.25, 0.3) is 10.9 Å². The molecule has 1 amide bonds. The lowest BCUT2D eigenvalue weighted by Gasteiger charge is -2.17. The Balaban J connectivity index is 1.53. The summed E-state index contributed by atoms with van der Waals surface area (Å²) in [5.74, 6) is 1.21. The van der Waals surface area contributed by atoms with Crippen LogP contribution in [0.5, 0.6) is 17.2 Å². The first-order chi connectivity index (χ1) is 16.5. The molecule has 7 nitrogen and oxygen atoms in total. The largest absolute Gasteiger partial charge is 0.493 e. The van der Waals surface area contributed by atoms with Crippen molar-refractivity contribution in [2.75, 3.05) is 33.2 Å². The number of hydrogen-bond donors (Lipinski definition) is 3. The maximum atomic E-state index is 13.1. The summed E-state index contributed by atoms with van der Waals surface area (Å²) in [5.41, 5.74) is 3.80. The predicted octanol–water partition coefficient (Wildman–Crippen LogP) is 5.56. The van der Waals surface area contributed by atoms with Crippen LogP contribution in [0.3, 0.4) is 0 Å². The fraction of sp³-hybridized carbons (Fsp3) is 0.192. The molecular weight excluding hydrogens is 454 g/mol. The van der Waals surface area contributed by atoms with Gasteiger partial charge in [0.05, 0.1) is 37.6 Å². The number of benzene rings is 3. The molecule has 0 saturated heterocycles. The molecule has 0 aliphatic carbocycles. The lowest BCUT2D eigenvalue weighted by atomic mass is 10.1. The number of nitrogens with one attached hydrogen (secondary N) is 3. The zero-order valence-electron chi connectivity index (χ0n) is 19.2. The number of rotatable bonds is 9. The van der Waals surface area contributed by atoms with E-state index in [1.165, 1.54) is 0 Å². The van der Waals surface area contributed by atoms with Crippen LogP contribution in [0, 0.1) is 0 Å². The van der Waals surface area contributed by atoms with Gasteiger partial charge in [-0.1, -0.05) is 35.9 Å². The molecule has 8 heteroatoms. The monoisotopic (exact) mass is 479 g/mol. The zero-order chi connectivity index (χ0) is 24.1. The van der Waals surface area contributed by atoms with Gasteiger partial charge < -0.3 is 29.8 Å². The third-order valence-corrected chi connectivity index (χ3v) is 5.85. The summed E-state index contributed by atoms with van der Waals surface area (Å²) in [7, 11) is 4.64. The summed E-state index contributed by atoms with van der Waals surface area (Å²) in [6.07, 6.45) is 2.67. The van der Waals surface area contributed by atoms with Crippen molar-refractivity contribution >= 4 is 39.8 Å². The van der Waals surface area contributed by atoms with E-state index in [1.54, 1.807) is 51.7 Å². The van der Waals surface area contributed by atoms with E-state index < -0.39 is 0 Å². The van der Waals surface area contributed by atoms with E-state index >= 15 is 0 Å². The maximum absolute atomic E-state index is 13.1. The standard InChI is InChI=1S/C26H26ClN3O4/c1-32-22-13-17(14-23(33-2)25(22)34-3)30-21-10-6-8-19(27)24(21)26(31)28-12-11-16-15-29-20-9-5-4-7-18(16)20/h4-10,13-15,29-30H,11-12H2,1-3H3,(H,28,31). The molecule has 0 fully saturated rings. The van der Waals surface area contributed by atoms with Gasteiger partial charge in [0.1, 0.15) is 0 Å². The molecule has 0 saturated carbocycles. The lowest BCUT2D eigenvalue weighted by Crippen LogP contribution is -2.26. The Morgan fingerprint density at radius 3 is 2.41 bits per heavy atom. The minimum absolute atomic E-state index is 0.264. The molecule has 0 radical (unpaired) electrons. The summed E-state index contributed by atoms with van der Waals surface area (Å²) in [5, 5.41) is 7.74. The average molecular weight is 480 g/mol. The molecule has 0 spiro atoms. The number of hydrogen-bond acceptors (Lipinski definition) is 5. The number of ether oxygens (including phenoxy) is 3. The third kappa shape index (κ3) is 4.75. The summed E-state index contributed by atoms with van der Waals surface area (Å²) in [6.45, 7) is 0.468. The number of para-hydroxylation sites is 1. The lowest BCUT2D eigenvalue weighted by molar-refractivity contribution is 0.0955. The molecule has 0 atom stereocenters. The molecule has 0 bridgehead atoms. The van der Waals surface area contributed by atoms with Crippen molar-refractivity contribution in [1.29, 1.82) is 0 Å². The number of anilines is 2. The van der Waals surface area contributed by atoms with Gasteiger partial charge in [-0.05, 0) is 30.2 Å². The van der Waals surface area contributed by atoms with Crippen LogP contribution in [0.1, 0.15) is 15.9 Å². The molecule has 0 unspecified atom stereocenters. The second kappa shape index (κ2) is 10.4. The number of carbonyl (C=O) groups excluding carboxylic acids is 1. The quantitative estimate of drug-likeness (QED) is 0.292. The van der Waals surface area contributed by atoms with Crippen molar-refractivity contribution in [2.24, 2.45) is 0 Å². The Kier molecular flexibility index (Phi) is 7.13. The van der Waals surface area contributed by atoms with Crippen molar-refractivity contribution in [3.63, 3.8) is 0 Å². The fourth-order valence-electron chi connectivity index (χ4n) is 3.91. The van der Waals surface area contributed by atoms with Crippen LogP contribution in [-0.4, -0.2) is 38.8 Å². The number of fused-ring (bicyclic) bond motifs is 1. The molecule has 4 rings (SSSR count). The molecule has 3 N–H and O–H groups in total. The van der Waals surface area contributed by atoms with E-state index in [0.29, 0.717) is 52.2 Å². The van der Waals surface area contributed by atoms with Crippen LogP contribution in [-0.2, 0) is 6.42 Å². The number of H-pyrrole nitrogens is 1. The highest BCUT2D eigenvalue weighted by atomic mass is 35.5. The van der Waals surface area contributed by atoms with E-state index in [-0.39, 0.29) is 5.91 Å². The number of aromatic amines is 1. The molecule has 34 heavy (non-hydrogen) atoms. The Bertz CT molecular complexity index is 1290. The highest BCUT2D eigenvalue weighted by molar-refractivity contribution is 6.34. The van der Waals surface area contributed by atoms with Crippen molar-refractivity contribution in [3.05, 3.63) is 76.9 Å². The van der Waals surface area contributed by atoms with Crippen molar-refractivity contribution in [2.45, 2.75) is 6.42 Å². The minimum Gasteiger partial charge on any atom is -0.493 e. The Morgan fingerprint density at radius 1 is 0.971 bits per heavy atom. The minimum atomic E-state index is -0.264. The number of aromatic nitrogens is 1. The molecule has 1 aromatic heterocycles. The second-order valence-electron chi connectivity index (χ2n) is 7.57. The van der Waals surface area contributed by atoms with Gasteiger partial charge in [0.15, 0.2) is 11.5 Å². The molecule has 176 valence electrons. The van der Waals surface area contributed by atoms with E-state index in [0.717, 1.165) is 16.5 Å². The van der Waals surface area contributed by atoms with E-state index in [2.05, 4.69) is 21.7 Å². The van der Waals surface area contributed by atoms with E-state index in [1.807, 2.05) is 24.4 Å². The highest BCUT2D eigenvalue weighted by Gasteiger charge is 2.18. The first kappa shape index (κ1) is 23.3. The summed E-state index contributed by atoms with van der Waals surface area (Å²) in [6, 6.07) is 16.9. The van der Waals surface area contributed by atoms with Gasteiger partial charge in [0.25, 0.3) is 5.91 Å². The highest BCUT2D eigenvalue weighted by Crippen LogP contribution is 2.41. The maximum Gasteiger partial charge on any atom is 0.254 e. The van der Waals surface area contributed by atoms with Crippen molar-refractivity contribution in [3.8, 4) is 17.2 Å². The topological polar surface area (TPSA) is 84.6 Å². The van der Waals surface area contributed by atoms with Crippen molar-refractivity contribution < 1.29 is 19.0 Å². The molecule has 4 aromatic rings.